The van der Waals surface area contributed by atoms with E-state index in [9.17, 15) is 0 Å². The molecular weight excluding hydrogens is 647 g/mol. The van der Waals surface area contributed by atoms with Crippen LogP contribution in [0.3, 0.4) is 0 Å². The Morgan fingerprint density at radius 1 is 0.550 bits per heavy atom. The van der Waals surface area contributed by atoms with Crippen molar-refractivity contribution in [1.29, 1.82) is 0 Å². The van der Waals surface area contributed by atoms with Crippen molar-refractivity contribution in [2.45, 2.75) is 58.3 Å². The Kier molecular flexibility index (Phi) is 6.54. The standard InChI is InChI=1S/2C17H15.C3H6.2CH3.Hf/c2*1-12-9-10-13(2)17(11-12)16-8-4-6-14-5-3-7-15(14)16;1-3-2;;;/h2*3-11H,1-2H3;1-2H3;2*1H3;. The monoisotopic (exact) mass is 690 g/mol. The van der Waals surface area contributed by atoms with Crippen molar-refractivity contribution in [3.63, 3.8) is 0 Å². The molecule has 40 heavy (non-hydrogen) atoms. The normalized spacial score (nSPS) is 17.7. The second kappa shape index (κ2) is 9.59. The van der Waals surface area contributed by atoms with E-state index in [1.807, 2.05) is 0 Å². The Bertz CT molecular complexity index is 1690. The van der Waals surface area contributed by atoms with Gasteiger partial charge in [-0.2, -0.15) is 0 Å². The summed E-state index contributed by atoms with van der Waals surface area (Å²) in [5, 5.41) is 0. The van der Waals surface area contributed by atoms with Crippen LogP contribution in [-0.4, -0.2) is 3.26 Å². The Labute approximate surface area is 242 Å². The summed E-state index contributed by atoms with van der Waals surface area (Å²) in [6.07, 6.45) is 10.1. The molecule has 0 fully saturated rings. The van der Waals surface area contributed by atoms with E-state index in [0.717, 1.165) is 0 Å². The van der Waals surface area contributed by atoms with Crippen molar-refractivity contribution in [2.75, 3.05) is 0 Å². The average molecular weight is 689 g/mol. The van der Waals surface area contributed by atoms with Gasteiger partial charge in [-0.15, -0.1) is 0 Å². The maximum absolute atomic E-state index is 3.88. The van der Waals surface area contributed by atoms with Crippen LogP contribution in [0.5, 0.6) is 0 Å². The molecule has 0 saturated heterocycles. The van der Waals surface area contributed by atoms with Crippen LogP contribution in [0.4, 0.5) is 0 Å². The van der Waals surface area contributed by atoms with Crippen LogP contribution in [0, 0.1) is 27.7 Å². The van der Waals surface area contributed by atoms with Gasteiger partial charge in [-0.3, -0.25) is 0 Å². The van der Waals surface area contributed by atoms with Crippen LogP contribution in [-0.2, 0) is 18.0 Å². The molecule has 0 bridgehead atoms. The summed E-state index contributed by atoms with van der Waals surface area (Å²) in [5.41, 5.74) is 16.8. The van der Waals surface area contributed by atoms with Gasteiger partial charge in [-0.25, -0.2) is 0 Å². The SMILES string of the molecule is C[C](C)=[Hf]([CH3])([CH3])([CH]1C=Cc2c(-c3cc(C)ccc3C)cccc21)[CH]1C=Cc2c(-c3cc(C)ccc3C)cccc21. The number of hydrogen-bond acceptors (Lipinski definition) is 0. The second-order valence-electron chi connectivity index (χ2n) is 13.5. The molecule has 0 radical (unpaired) electrons. The van der Waals surface area contributed by atoms with E-state index in [-0.39, 0.29) is 0 Å². The van der Waals surface area contributed by atoms with Crippen LogP contribution in [0.15, 0.2) is 84.9 Å². The summed E-state index contributed by atoms with van der Waals surface area (Å²) >= 11 is -3.88. The van der Waals surface area contributed by atoms with Gasteiger partial charge < -0.3 is 0 Å². The summed E-state index contributed by atoms with van der Waals surface area (Å²) in [4.78, 5) is 0. The summed E-state index contributed by atoms with van der Waals surface area (Å²) in [7, 11) is 0. The Hall–Kier alpha value is -2.90. The van der Waals surface area contributed by atoms with Gasteiger partial charge in [0.1, 0.15) is 0 Å². The predicted molar refractivity (Wildman–Crippen MR) is 174 cm³/mol. The van der Waals surface area contributed by atoms with Gasteiger partial charge in [0, 0.05) is 0 Å². The summed E-state index contributed by atoms with van der Waals surface area (Å²) in [6.45, 7) is 13.8. The van der Waals surface area contributed by atoms with Crippen LogP contribution in [0.1, 0.15) is 65.7 Å². The summed E-state index contributed by atoms with van der Waals surface area (Å²) in [6, 6.07) is 27.8. The maximum atomic E-state index is 2.73. The molecule has 0 N–H and O–H groups in total. The number of benzene rings is 4. The molecule has 0 nitrogen and oxygen atoms in total. The average Bonchev–Trinajstić information content (AvgIpc) is 3.57. The van der Waals surface area contributed by atoms with Crippen LogP contribution in [0.2, 0.25) is 9.36 Å². The van der Waals surface area contributed by atoms with Gasteiger partial charge in [0.15, 0.2) is 0 Å². The molecule has 0 aliphatic heterocycles. The molecule has 6 rings (SSSR count). The van der Waals surface area contributed by atoms with Gasteiger partial charge in [0.25, 0.3) is 0 Å². The first-order valence-corrected chi connectivity index (χ1v) is 27.9. The molecule has 4 aromatic rings. The second-order valence-corrected chi connectivity index (χ2v) is 40.4. The number of aryl methyl sites for hydroxylation is 4. The number of fused-ring (bicyclic) bond motifs is 2. The fourth-order valence-corrected chi connectivity index (χ4v) is 27.1. The number of allylic oxidation sites excluding steroid dienone is 2. The van der Waals surface area contributed by atoms with Gasteiger partial charge in [-0.05, 0) is 0 Å². The minimum atomic E-state index is -3.88. The molecule has 0 aromatic heterocycles. The fraction of sp³-hybridized carbons (Fsp3) is 0.256. The molecule has 0 spiro atoms. The van der Waals surface area contributed by atoms with Crippen LogP contribution in [0.25, 0.3) is 34.4 Å². The van der Waals surface area contributed by atoms with Crippen molar-refractivity contribution in [2.24, 2.45) is 0 Å². The molecular formula is C39H42Hf. The third-order valence-electron chi connectivity index (χ3n) is 10.7. The Morgan fingerprint density at radius 2 is 0.975 bits per heavy atom. The first kappa shape index (κ1) is 27.3. The van der Waals surface area contributed by atoms with Crippen LogP contribution >= 0.6 is 0 Å². The number of hydrogen-bond donors (Lipinski definition) is 0. The van der Waals surface area contributed by atoms with Gasteiger partial charge >= 0.3 is 243 Å². The van der Waals surface area contributed by atoms with E-state index in [2.05, 4.69) is 148 Å². The Morgan fingerprint density at radius 3 is 1.38 bits per heavy atom. The van der Waals surface area contributed by atoms with E-state index < -0.39 is 18.0 Å². The van der Waals surface area contributed by atoms with E-state index >= 15 is 0 Å². The quantitative estimate of drug-likeness (QED) is 0.187. The molecule has 0 amide bonds. The summed E-state index contributed by atoms with van der Waals surface area (Å²) in [5.74, 6) is 0. The molecule has 2 aliphatic carbocycles. The molecule has 202 valence electrons. The zero-order valence-corrected chi connectivity index (χ0v) is 29.0. The topological polar surface area (TPSA) is 0 Å². The van der Waals surface area contributed by atoms with Crippen molar-refractivity contribution in [3.05, 3.63) is 129 Å². The number of rotatable bonds is 4. The van der Waals surface area contributed by atoms with Crippen LogP contribution < -0.4 is 0 Å². The molecule has 4 aromatic carbocycles. The third kappa shape index (κ3) is 3.99. The van der Waals surface area contributed by atoms with Gasteiger partial charge in [-0.1, -0.05) is 0 Å². The Balaban J connectivity index is 1.52. The minimum absolute atomic E-state index is 0.479. The molecule has 2 aliphatic rings. The van der Waals surface area contributed by atoms with E-state index in [1.165, 1.54) is 66.8 Å². The summed E-state index contributed by atoms with van der Waals surface area (Å²) < 4.78 is 8.10. The third-order valence-corrected chi connectivity index (χ3v) is 39.4. The van der Waals surface area contributed by atoms with E-state index in [4.69, 9.17) is 0 Å². The fourth-order valence-electron chi connectivity index (χ4n) is 7.56. The van der Waals surface area contributed by atoms with Gasteiger partial charge in [0.05, 0.1) is 0 Å². The molecule has 0 saturated carbocycles. The molecule has 1 heteroatoms. The molecule has 0 heterocycles. The zero-order valence-electron chi connectivity index (χ0n) is 25.4. The van der Waals surface area contributed by atoms with Gasteiger partial charge in [0.2, 0.25) is 0 Å². The van der Waals surface area contributed by atoms with Crippen molar-refractivity contribution in [1.82, 2.24) is 0 Å². The van der Waals surface area contributed by atoms with Crippen molar-refractivity contribution in [3.8, 4) is 22.3 Å². The molecule has 2 unspecified atom stereocenters. The first-order valence-electron chi connectivity index (χ1n) is 14.8. The van der Waals surface area contributed by atoms with E-state index in [0.29, 0.717) is 7.35 Å². The van der Waals surface area contributed by atoms with E-state index in [1.54, 1.807) is 3.26 Å². The zero-order chi connectivity index (χ0) is 28.4. The van der Waals surface area contributed by atoms with Crippen molar-refractivity contribution < 1.29 is 18.0 Å². The van der Waals surface area contributed by atoms with Crippen molar-refractivity contribution >= 4 is 15.4 Å². The predicted octanol–water partition coefficient (Wildman–Crippen LogP) is 11.1. The first-order chi connectivity index (χ1) is 19.0. The molecule has 2 atom stereocenters.